The number of nitrogens with one attached hydrogen (secondary N) is 2. The first-order valence-corrected chi connectivity index (χ1v) is 7.23. The molecule has 120 valence electrons. The van der Waals surface area contributed by atoms with Crippen molar-refractivity contribution >= 4 is 17.5 Å². The van der Waals surface area contributed by atoms with E-state index in [4.69, 9.17) is 4.74 Å². The smallest absolute Gasteiger partial charge is 0.251 e. The Morgan fingerprint density at radius 3 is 2.55 bits per heavy atom. The van der Waals surface area contributed by atoms with Gasteiger partial charge in [0.25, 0.3) is 5.91 Å². The van der Waals surface area contributed by atoms with Gasteiger partial charge < -0.3 is 20.3 Å². The molecular formula is C15H20FN3O3. The van der Waals surface area contributed by atoms with Gasteiger partial charge in [0.2, 0.25) is 5.91 Å². The Kier molecular flexibility index (Phi) is 5.71. The minimum absolute atomic E-state index is 0.157. The fourth-order valence-corrected chi connectivity index (χ4v) is 2.23. The van der Waals surface area contributed by atoms with Gasteiger partial charge in [0, 0.05) is 38.7 Å². The van der Waals surface area contributed by atoms with Crippen molar-refractivity contribution in [1.82, 2.24) is 10.6 Å². The van der Waals surface area contributed by atoms with Gasteiger partial charge in [-0.15, -0.1) is 0 Å². The Balaban J connectivity index is 1.93. The van der Waals surface area contributed by atoms with Crippen molar-refractivity contribution in [2.75, 3.05) is 44.3 Å². The van der Waals surface area contributed by atoms with E-state index in [1.54, 1.807) is 12.1 Å². The fraction of sp³-hybridized carbons (Fsp3) is 0.467. The molecule has 0 aliphatic carbocycles. The number of halogens is 1. The standard InChI is InChI=1S/C15H20FN3O3/c1-11(20)17-4-5-18-15(21)12-2-3-14(13(16)10-12)19-6-8-22-9-7-19/h2-3,10H,4-9H2,1H3,(H,17,20)(H,18,21). The average Bonchev–Trinajstić information content (AvgIpc) is 2.52. The quantitative estimate of drug-likeness (QED) is 0.778. The molecule has 22 heavy (non-hydrogen) atoms. The maximum Gasteiger partial charge on any atom is 0.251 e. The lowest BCUT2D eigenvalue weighted by atomic mass is 10.1. The number of ether oxygens (including phenoxy) is 1. The van der Waals surface area contributed by atoms with Crippen LogP contribution in [0.25, 0.3) is 0 Å². The number of hydrogen-bond donors (Lipinski definition) is 2. The van der Waals surface area contributed by atoms with Gasteiger partial charge in [0.15, 0.2) is 0 Å². The number of morpholine rings is 1. The van der Waals surface area contributed by atoms with Crippen molar-refractivity contribution < 1.29 is 18.7 Å². The number of carbonyl (C=O) groups excluding carboxylic acids is 2. The molecule has 1 aliphatic rings. The first-order chi connectivity index (χ1) is 10.6. The van der Waals surface area contributed by atoms with E-state index in [9.17, 15) is 14.0 Å². The molecule has 1 aliphatic heterocycles. The van der Waals surface area contributed by atoms with Gasteiger partial charge in [-0.1, -0.05) is 0 Å². The third-order valence-electron chi connectivity index (χ3n) is 3.35. The van der Waals surface area contributed by atoms with Crippen molar-refractivity contribution in [1.29, 1.82) is 0 Å². The zero-order valence-electron chi connectivity index (χ0n) is 12.5. The van der Waals surface area contributed by atoms with Gasteiger partial charge in [0.1, 0.15) is 5.82 Å². The van der Waals surface area contributed by atoms with Crippen LogP contribution in [0.3, 0.4) is 0 Å². The maximum atomic E-state index is 14.2. The number of anilines is 1. The molecule has 2 rings (SSSR count). The van der Waals surface area contributed by atoms with E-state index in [1.807, 2.05) is 4.90 Å². The molecule has 0 spiro atoms. The van der Waals surface area contributed by atoms with Crippen LogP contribution in [-0.4, -0.2) is 51.2 Å². The fourth-order valence-electron chi connectivity index (χ4n) is 2.23. The zero-order valence-corrected chi connectivity index (χ0v) is 12.5. The van der Waals surface area contributed by atoms with Crippen LogP contribution in [0.1, 0.15) is 17.3 Å². The van der Waals surface area contributed by atoms with Crippen LogP contribution in [0.4, 0.5) is 10.1 Å². The van der Waals surface area contributed by atoms with Crippen LogP contribution in [0.15, 0.2) is 18.2 Å². The monoisotopic (exact) mass is 309 g/mol. The zero-order chi connectivity index (χ0) is 15.9. The predicted octanol–water partition coefficient (Wildman–Crippen LogP) is 0.528. The van der Waals surface area contributed by atoms with Gasteiger partial charge >= 0.3 is 0 Å². The molecule has 2 N–H and O–H groups in total. The third kappa shape index (κ3) is 4.42. The van der Waals surface area contributed by atoms with Gasteiger partial charge in [-0.25, -0.2) is 4.39 Å². The second-order valence-electron chi connectivity index (χ2n) is 5.00. The SMILES string of the molecule is CC(=O)NCCNC(=O)c1ccc(N2CCOCC2)c(F)c1. The van der Waals surface area contributed by atoms with Crippen molar-refractivity contribution in [2.24, 2.45) is 0 Å². The molecule has 1 fully saturated rings. The van der Waals surface area contributed by atoms with Gasteiger partial charge in [-0.2, -0.15) is 0 Å². The third-order valence-corrected chi connectivity index (χ3v) is 3.35. The lowest BCUT2D eigenvalue weighted by Crippen LogP contribution is -2.37. The van der Waals surface area contributed by atoms with E-state index in [0.717, 1.165) is 0 Å². The Labute approximate surface area is 128 Å². The van der Waals surface area contributed by atoms with E-state index >= 15 is 0 Å². The summed E-state index contributed by atoms with van der Waals surface area (Å²) in [5.74, 6) is -0.940. The lowest BCUT2D eigenvalue weighted by Gasteiger charge is -2.29. The van der Waals surface area contributed by atoms with Gasteiger partial charge in [0.05, 0.1) is 18.9 Å². The number of nitrogens with zero attached hydrogens (tertiary/aromatic N) is 1. The summed E-state index contributed by atoms with van der Waals surface area (Å²) in [4.78, 5) is 24.5. The van der Waals surface area contributed by atoms with E-state index in [2.05, 4.69) is 10.6 Å². The Morgan fingerprint density at radius 1 is 1.23 bits per heavy atom. The summed E-state index contributed by atoms with van der Waals surface area (Å²) in [5.41, 5.74) is 0.746. The van der Waals surface area contributed by atoms with E-state index < -0.39 is 5.82 Å². The molecule has 1 saturated heterocycles. The molecule has 1 heterocycles. The van der Waals surface area contributed by atoms with Crippen LogP contribution in [0.5, 0.6) is 0 Å². The molecule has 0 aromatic heterocycles. The second-order valence-corrected chi connectivity index (χ2v) is 5.00. The first kappa shape index (κ1) is 16.2. The lowest BCUT2D eigenvalue weighted by molar-refractivity contribution is -0.118. The van der Waals surface area contributed by atoms with Crippen LogP contribution in [0.2, 0.25) is 0 Å². The second kappa shape index (κ2) is 7.74. The molecule has 0 atom stereocenters. The number of amides is 2. The van der Waals surface area contributed by atoms with Crippen molar-refractivity contribution in [2.45, 2.75) is 6.92 Å². The van der Waals surface area contributed by atoms with Crippen LogP contribution >= 0.6 is 0 Å². The topological polar surface area (TPSA) is 70.7 Å². The van der Waals surface area contributed by atoms with Crippen molar-refractivity contribution in [3.05, 3.63) is 29.6 Å². The highest BCUT2D eigenvalue weighted by Gasteiger charge is 2.16. The van der Waals surface area contributed by atoms with E-state index in [-0.39, 0.29) is 17.4 Å². The average molecular weight is 309 g/mol. The number of carbonyl (C=O) groups is 2. The molecule has 0 saturated carbocycles. The molecule has 0 bridgehead atoms. The Hall–Kier alpha value is -2.15. The van der Waals surface area contributed by atoms with Crippen molar-refractivity contribution in [3.63, 3.8) is 0 Å². The number of benzene rings is 1. The maximum absolute atomic E-state index is 14.2. The summed E-state index contributed by atoms with van der Waals surface area (Å²) in [6.07, 6.45) is 0. The highest BCUT2D eigenvalue weighted by atomic mass is 19.1. The van der Waals surface area contributed by atoms with Gasteiger partial charge in [-0.3, -0.25) is 9.59 Å². The summed E-state index contributed by atoms with van der Waals surface area (Å²) in [5, 5.41) is 5.20. The summed E-state index contributed by atoms with van der Waals surface area (Å²) < 4.78 is 19.4. The predicted molar refractivity (Wildman–Crippen MR) is 80.4 cm³/mol. The molecule has 1 aromatic rings. The first-order valence-electron chi connectivity index (χ1n) is 7.23. The minimum Gasteiger partial charge on any atom is -0.378 e. The Bertz CT molecular complexity index is 545. The molecule has 6 nitrogen and oxygen atoms in total. The molecule has 0 unspecified atom stereocenters. The normalized spacial score (nSPS) is 14.5. The highest BCUT2D eigenvalue weighted by molar-refractivity contribution is 5.94. The Morgan fingerprint density at radius 2 is 1.91 bits per heavy atom. The summed E-state index contributed by atoms with van der Waals surface area (Å²) >= 11 is 0. The molecule has 7 heteroatoms. The number of rotatable bonds is 5. The minimum atomic E-state index is -0.420. The van der Waals surface area contributed by atoms with Gasteiger partial charge in [-0.05, 0) is 18.2 Å². The summed E-state index contributed by atoms with van der Waals surface area (Å²) in [7, 11) is 0. The summed E-state index contributed by atoms with van der Waals surface area (Å²) in [6, 6.07) is 4.45. The van der Waals surface area contributed by atoms with Crippen molar-refractivity contribution in [3.8, 4) is 0 Å². The number of hydrogen-bond acceptors (Lipinski definition) is 4. The van der Waals surface area contributed by atoms with E-state index in [0.29, 0.717) is 45.1 Å². The van der Waals surface area contributed by atoms with Crippen LogP contribution in [0, 0.1) is 5.82 Å². The summed E-state index contributed by atoms with van der Waals surface area (Å²) in [6.45, 7) is 4.47. The molecule has 0 radical (unpaired) electrons. The van der Waals surface area contributed by atoms with Crippen LogP contribution in [-0.2, 0) is 9.53 Å². The molecule has 1 aromatic carbocycles. The van der Waals surface area contributed by atoms with E-state index in [1.165, 1.54) is 13.0 Å². The highest BCUT2D eigenvalue weighted by Crippen LogP contribution is 2.21. The van der Waals surface area contributed by atoms with Crippen LogP contribution < -0.4 is 15.5 Å². The molecule has 2 amide bonds. The largest absolute Gasteiger partial charge is 0.378 e. The molecular weight excluding hydrogens is 289 g/mol.